The highest BCUT2D eigenvalue weighted by Gasteiger charge is 2.29. The average molecular weight is 348 g/mol. The maximum atomic E-state index is 11.9. The Labute approximate surface area is 133 Å². The summed E-state index contributed by atoms with van der Waals surface area (Å²) in [5.74, 6) is 0. The van der Waals surface area contributed by atoms with Crippen LogP contribution >= 0.6 is 0 Å². The number of rotatable bonds is 8. The molecule has 9 nitrogen and oxygen atoms in total. The van der Waals surface area contributed by atoms with Gasteiger partial charge in [0.15, 0.2) is 0 Å². The molecule has 0 amide bonds. The van der Waals surface area contributed by atoms with Gasteiger partial charge in [0.05, 0.1) is 17.7 Å². The Bertz CT molecular complexity index is 618. The van der Waals surface area contributed by atoms with E-state index in [0.29, 0.717) is 6.21 Å². The van der Waals surface area contributed by atoms with Crippen LogP contribution in [0.15, 0.2) is 34.3 Å². The van der Waals surface area contributed by atoms with E-state index in [4.69, 9.17) is 10.2 Å². The Morgan fingerprint density at radius 2 is 1.70 bits per heavy atom. The van der Waals surface area contributed by atoms with Crippen molar-refractivity contribution in [3.05, 3.63) is 29.8 Å². The summed E-state index contributed by atoms with van der Waals surface area (Å²) >= 11 is 0. The Morgan fingerprint density at radius 3 is 2.22 bits per heavy atom. The smallest absolute Gasteiger partial charge is 0.276 e. The molecule has 0 radical (unpaired) electrons. The Morgan fingerprint density at radius 1 is 1.13 bits per heavy atom. The van der Waals surface area contributed by atoms with Crippen LogP contribution in [0.4, 0.5) is 0 Å². The fraction of sp³-hybridized carbons (Fsp3) is 0.462. The molecule has 0 spiro atoms. The number of nitrogens with zero attached hydrogens (tertiary/aromatic N) is 1. The minimum atomic E-state index is -3.93. The summed E-state index contributed by atoms with van der Waals surface area (Å²) < 4.78 is 23.8. The van der Waals surface area contributed by atoms with Crippen LogP contribution in [-0.2, 0) is 10.0 Å². The molecular formula is C13H20N2O7S. The van der Waals surface area contributed by atoms with E-state index in [0.717, 1.165) is 5.56 Å². The molecule has 0 fully saturated rings. The van der Waals surface area contributed by atoms with E-state index in [1.54, 1.807) is 19.1 Å². The molecule has 10 heteroatoms. The fourth-order valence-corrected chi connectivity index (χ4v) is 2.37. The summed E-state index contributed by atoms with van der Waals surface area (Å²) in [6.45, 7) is 0.980. The molecule has 0 aromatic heterocycles. The van der Waals surface area contributed by atoms with Crippen molar-refractivity contribution in [1.82, 2.24) is 4.83 Å². The average Bonchev–Trinajstić information content (AvgIpc) is 2.52. The molecule has 0 bridgehead atoms. The first-order chi connectivity index (χ1) is 10.7. The molecule has 6 N–H and O–H groups in total. The van der Waals surface area contributed by atoms with Crippen molar-refractivity contribution in [2.75, 3.05) is 6.61 Å². The van der Waals surface area contributed by atoms with Gasteiger partial charge in [-0.15, -0.1) is 0 Å². The standard InChI is InChI=1S/C13H20N2O7S/c1-8-2-4-9(5-3-8)23(21,22)15-14-6-10(17)12(19)13(20)11(18)7-16/h2-6,10-13,15-20H,7H2,1H3/b14-6+/t10-,11+,12+,13+/m0/s1. The van der Waals surface area contributed by atoms with E-state index in [1.165, 1.54) is 12.1 Å². The second-order valence-electron chi connectivity index (χ2n) is 4.91. The number of benzene rings is 1. The molecule has 0 heterocycles. The van der Waals surface area contributed by atoms with E-state index < -0.39 is 41.0 Å². The zero-order valence-corrected chi connectivity index (χ0v) is 13.1. The van der Waals surface area contributed by atoms with Gasteiger partial charge >= 0.3 is 0 Å². The van der Waals surface area contributed by atoms with Crippen LogP contribution in [0.5, 0.6) is 0 Å². The van der Waals surface area contributed by atoms with Gasteiger partial charge in [0.2, 0.25) is 0 Å². The van der Waals surface area contributed by atoms with Gasteiger partial charge in [0, 0.05) is 0 Å². The third-order valence-corrected chi connectivity index (χ3v) is 4.25. The normalized spacial score (nSPS) is 17.7. The molecule has 0 aliphatic carbocycles. The first-order valence-electron chi connectivity index (χ1n) is 6.64. The molecule has 130 valence electrons. The number of aryl methyl sites for hydroxylation is 1. The summed E-state index contributed by atoms with van der Waals surface area (Å²) in [7, 11) is -3.93. The molecule has 23 heavy (non-hydrogen) atoms. The number of sulfonamides is 1. The first kappa shape index (κ1) is 19.5. The molecule has 4 atom stereocenters. The lowest BCUT2D eigenvalue weighted by atomic mass is 10.0. The van der Waals surface area contributed by atoms with Gasteiger partial charge in [-0.3, -0.25) is 0 Å². The maximum absolute atomic E-state index is 11.9. The molecule has 0 unspecified atom stereocenters. The second kappa shape index (κ2) is 8.34. The fourth-order valence-electron chi connectivity index (χ4n) is 1.57. The van der Waals surface area contributed by atoms with Crippen molar-refractivity contribution < 1.29 is 34.0 Å². The number of aliphatic hydroxyl groups excluding tert-OH is 5. The first-order valence-corrected chi connectivity index (χ1v) is 8.12. The predicted octanol–water partition coefficient (Wildman–Crippen LogP) is -2.30. The van der Waals surface area contributed by atoms with Gasteiger partial charge in [0.25, 0.3) is 10.0 Å². The molecule has 1 aromatic rings. The number of hydrogen-bond acceptors (Lipinski definition) is 8. The quantitative estimate of drug-likeness (QED) is 0.227. The Hall–Kier alpha value is -1.56. The minimum Gasteiger partial charge on any atom is -0.394 e. The molecule has 0 aliphatic rings. The molecule has 1 aromatic carbocycles. The van der Waals surface area contributed by atoms with E-state index >= 15 is 0 Å². The van der Waals surface area contributed by atoms with Crippen molar-refractivity contribution in [2.45, 2.75) is 36.2 Å². The molecular weight excluding hydrogens is 328 g/mol. The molecule has 0 saturated heterocycles. The highest BCUT2D eigenvalue weighted by molar-refractivity contribution is 7.89. The zero-order valence-electron chi connectivity index (χ0n) is 12.3. The van der Waals surface area contributed by atoms with Gasteiger partial charge in [-0.25, -0.2) is 4.83 Å². The van der Waals surface area contributed by atoms with Crippen LogP contribution in [0.1, 0.15) is 5.56 Å². The van der Waals surface area contributed by atoms with Gasteiger partial charge in [-0.05, 0) is 19.1 Å². The maximum Gasteiger partial charge on any atom is 0.276 e. The van der Waals surface area contributed by atoms with E-state index in [1.807, 2.05) is 4.83 Å². The van der Waals surface area contributed by atoms with Gasteiger partial charge in [-0.1, -0.05) is 17.7 Å². The third-order valence-electron chi connectivity index (χ3n) is 3.01. The van der Waals surface area contributed by atoms with Gasteiger partial charge in [0.1, 0.15) is 24.4 Å². The monoisotopic (exact) mass is 348 g/mol. The van der Waals surface area contributed by atoms with Crippen LogP contribution in [0, 0.1) is 6.92 Å². The lowest BCUT2D eigenvalue weighted by molar-refractivity contribution is -0.0999. The van der Waals surface area contributed by atoms with Crippen molar-refractivity contribution in [3.8, 4) is 0 Å². The largest absolute Gasteiger partial charge is 0.394 e. The van der Waals surface area contributed by atoms with Crippen LogP contribution in [0.25, 0.3) is 0 Å². The zero-order chi connectivity index (χ0) is 17.6. The number of hydrogen-bond donors (Lipinski definition) is 6. The number of hydrazone groups is 1. The summed E-state index contributed by atoms with van der Waals surface area (Å²) in [6, 6.07) is 5.95. The van der Waals surface area contributed by atoms with Crippen molar-refractivity contribution in [3.63, 3.8) is 0 Å². The molecule has 0 saturated carbocycles. The van der Waals surface area contributed by atoms with E-state index in [9.17, 15) is 23.7 Å². The van der Waals surface area contributed by atoms with Gasteiger partial charge < -0.3 is 25.5 Å². The number of nitrogens with one attached hydrogen (secondary N) is 1. The highest BCUT2D eigenvalue weighted by Crippen LogP contribution is 2.09. The lowest BCUT2D eigenvalue weighted by Crippen LogP contribution is -2.46. The minimum absolute atomic E-state index is 0.0361. The summed E-state index contributed by atoms with van der Waals surface area (Å²) in [6.07, 6.45) is -6.44. The summed E-state index contributed by atoms with van der Waals surface area (Å²) in [4.78, 5) is 1.80. The number of aliphatic hydroxyl groups is 5. The van der Waals surface area contributed by atoms with Crippen molar-refractivity contribution in [1.29, 1.82) is 0 Å². The van der Waals surface area contributed by atoms with E-state index in [2.05, 4.69) is 5.10 Å². The van der Waals surface area contributed by atoms with Crippen LogP contribution in [0.3, 0.4) is 0 Å². The van der Waals surface area contributed by atoms with Crippen LogP contribution in [-0.4, -0.2) is 71.2 Å². The second-order valence-corrected chi connectivity index (χ2v) is 6.57. The highest BCUT2D eigenvalue weighted by atomic mass is 32.2. The predicted molar refractivity (Wildman–Crippen MR) is 81.1 cm³/mol. The topological polar surface area (TPSA) is 160 Å². The van der Waals surface area contributed by atoms with Crippen LogP contribution in [0.2, 0.25) is 0 Å². The third kappa shape index (κ3) is 5.53. The molecule has 1 rings (SSSR count). The van der Waals surface area contributed by atoms with E-state index in [-0.39, 0.29) is 4.90 Å². The Balaban J connectivity index is 2.69. The Kier molecular flexibility index (Phi) is 7.06. The summed E-state index contributed by atoms with van der Waals surface area (Å²) in [5, 5.41) is 49.6. The van der Waals surface area contributed by atoms with Gasteiger partial charge in [-0.2, -0.15) is 13.5 Å². The molecule has 0 aliphatic heterocycles. The summed E-state index contributed by atoms with van der Waals surface area (Å²) in [5.41, 5.74) is 0.877. The van der Waals surface area contributed by atoms with Crippen LogP contribution < -0.4 is 4.83 Å². The van der Waals surface area contributed by atoms with Crippen molar-refractivity contribution >= 4 is 16.2 Å². The lowest BCUT2D eigenvalue weighted by Gasteiger charge is -2.23. The van der Waals surface area contributed by atoms with Crippen molar-refractivity contribution in [2.24, 2.45) is 5.10 Å². The SMILES string of the molecule is Cc1ccc(S(=O)(=O)N/N=C/[C@H](O)[C@@H](O)[C@H](O)[C@H](O)CO)cc1.